The molecule has 1 aromatic heterocycles. The Kier molecular flexibility index (Phi) is 3.70. The van der Waals surface area contributed by atoms with Crippen LogP contribution in [0.3, 0.4) is 0 Å². The average Bonchev–Trinajstić information content (AvgIpc) is 2.84. The molecule has 2 N–H and O–H groups in total. The SMILES string of the molecule is Cc1nnc(-c2ccccc2NC(=O)C(C)C2CNC2)o1. The molecule has 1 fully saturated rings. The van der Waals surface area contributed by atoms with Gasteiger partial charge in [-0.2, -0.15) is 0 Å². The lowest BCUT2D eigenvalue weighted by Crippen LogP contribution is -2.48. The zero-order valence-corrected chi connectivity index (χ0v) is 12.1. The maximum atomic E-state index is 12.3. The summed E-state index contributed by atoms with van der Waals surface area (Å²) >= 11 is 0. The van der Waals surface area contributed by atoms with Gasteiger partial charge in [-0.1, -0.05) is 19.1 Å². The first-order chi connectivity index (χ1) is 10.1. The van der Waals surface area contributed by atoms with Crippen molar-refractivity contribution >= 4 is 11.6 Å². The van der Waals surface area contributed by atoms with Crippen molar-refractivity contribution in [2.24, 2.45) is 11.8 Å². The molecule has 0 aliphatic carbocycles. The van der Waals surface area contributed by atoms with Crippen LogP contribution in [-0.2, 0) is 4.79 Å². The van der Waals surface area contributed by atoms with Crippen LogP contribution in [-0.4, -0.2) is 29.2 Å². The van der Waals surface area contributed by atoms with Crippen LogP contribution in [0.15, 0.2) is 28.7 Å². The fraction of sp³-hybridized carbons (Fsp3) is 0.400. The van der Waals surface area contributed by atoms with E-state index in [4.69, 9.17) is 4.42 Å². The van der Waals surface area contributed by atoms with Gasteiger partial charge in [-0.3, -0.25) is 4.79 Å². The van der Waals surface area contributed by atoms with Crippen molar-refractivity contribution < 1.29 is 9.21 Å². The van der Waals surface area contributed by atoms with Crippen LogP contribution in [0.2, 0.25) is 0 Å². The number of hydrogen-bond donors (Lipinski definition) is 2. The van der Waals surface area contributed by atoms with Crippen molar-refractivity contribution in [1.82, 2.24) is 15.5 Å². The summed E-state index contributed by atoms with van der Waals surface area (Å²) in [7, 11) is 0. The molecule has 0 saturated carbocycles. The van der Waals surface area contributed by atoms with Gasteiger partial charge in [0.25, 0.3) is 0 Å². The number of nitrogens with one attached hydrogen (secondary N) is 2. The molecule has 1 aromatic carbocycles. The van der Waals surface area contributed by atoms with Gasteiger partial charge in [0, 0.05) is 12.8 Å². The van der Waals surface area contributed by atoms with Crippen LogP contribution >= 0.6 is 0 Å². The summed E-state index contributed by atoms with van der Waals surface area (Å²) < 4.78 is 5.45. The summed E-state index contributed by atoms with van der Waals surface area (Å²) in [6.45, 7) is 5.50. The van der Waals surface area contributed by atoms with E-state index in [-0.39, 0.29) is 11.8 Å². The summed E-state index contributed by atoms with van der Waals surface area (Å²) in [5, 5.41) is 14.0. The van der Waals surface area contributed by atoms with Crippen molar-refractivity contribution in [1.29, 1.82) is 0 Å². The highest BCUT2D eigenvalue weighted by atomic mass is 16.4. The third-order valence-electron chi connectivity index (χ3n) is 3.88. The molecule has 0 bridgehead atoms. The standard InChI is InChI=1S/C15H18N4O2/c1-9(11-7-16-8-11)14(20)17-13-6-4-3-5-12(13)15-19-18-10(2)21-15/h3-6,9,11,16H,7-8H2,1-2H3,(H,17,20). The Morgan fingerprint density at radius 3 is 2.76 bits per heavy atom. The Labute approximate surface area is 123 Å². The van der Waals surface area contributed by atoms with Crippen molar-refractivity contribution in [2.75, 3.05) is 18.4 Å². The molecule has 1 atom stereocenters. The van der Waals surface area contributed by atoms with Crippen LogP contribution < -0.4 is 10.6 Å². The number of anilines is 1. The van der Waals surface area contributed by atoms with Gasteiger partial charge in [0.2, 0.25) is 17.7 Å². The van der Waals surface area contributed by atoms with Crippen molar-refractivity contribution in [3.05, 3.63) is 30.2 Å². The van der Waals surface area contributed by atoms with Crippen molar-refractivity contribution in [2.45, 2.75) is 13.8 Å². The van der Waals surface area contributed by atoms with Crippen LogP contribution in [0.5, 0.6) is 0 Å². The number of para-hydroxylation sites is 1. The van der Waals surface area contributed by atoms with E-state index in [0.29, 0.717) is 23.4 Å². The van der Waals surface area contributed by atoms with E-state index in [1.165, 1.54) is 0 Å². The molecule has 0 radical (unpaired) electrons. The molecule has 1 saturated heterocycles. The second-order valence-electron chi connectivity index (χ2n) is 5.37. The molecule has 2 heterocycles. The molecular weight excluding hydrogens is 268 g/mol. The zero-order valence-electron chi connectivity index (χ0n) is 12.1. The minimum Gasteiger partial charge on any atom is -0.421 e. The predicted molar refractivity (Wildman–Crippen MR) is 78.6 cm³/mol. The van der Waals surface area contributed by atoms with Gasteiger partial charge in [0.1, 0.15) is 0 Å². The minimum atomic E-state index is -0.0243. The molecule has 2 aromatic rings. The molecule has 0 spiro atoms. The number of nitrogens with zero attached hydrogens (tertiary/aromatic N) is 2. The van der Waals surface area contributed by atoms with Crippen LogP contribution in [0.25, 0.3) is 11.5 Å². The zero-order chi connectivity index (χ0) is 14.8. The summed E-state index contributed by atoms with van der Waals surface area (Å²) in [6.07, 6.45) is 0. The molecule has 1 unspecified atom stereocenters. The maximum Gasteiger partial charge on any atom is 0.249 e. The number of aromatic nitrogens is 2. The monoisotopic (exact) mass is 286 g/mol. The lowest BCUT2D eigenvalue weighted by Gasteiger charge is -2.31. The van der Waals surface area contributed by atoms with E-state index in [0.717, 1.165) is 18.7 Å². The quantitative estimate of drug-likeness (QED) is 0.896. The Morgan fingerprint density at radius 2 is 2.14 bits per heavy atom. The third-order valence-corrected chi connectivity index (χ3v) is 3.88. The molecule has 1 aliphatic rings. The first-order valence-electron chi connectivity index (χ1n) is 7.06. The number of carbonyl (C=O) groups is 1. The van der Waals surface area contributed by atoms with Gasteiger partial charge < -0.3 is 15.1 Å². The molecule has 3 rings (SSSR count). The van der Waals surface area contributed by atoms with E-state index < -0.39 is 0 Å². The number of hydrogen-bond acceptors (Lipinski definition) is 5. The lowest BCUT2D eigenvalue weighted by molar-refractivity contribution is -0.121. The van der Waals surface area contributed by atoms with Gasteiger partial charge >= 0.3 is 0 Å². The lowest BCUT2D eigenvalue weighted by atomic mass is 9.88. The van der Waals surface area contributed by atoms with Crippen LogP contribution in [0.1, 0.15) is 12.8 Å². The Morgan fingerprint density at radius 1 is 1.38 bits per heavy atom. The van der Waals surface area contributed by atoms with Crippen molar-refractivity contribution in [3.8, 4) is 11.5 Å². The number of amides is 1. The number of rotatable bonds is 4. The van der Waals surface area contributed by atoms with Gasteiger partial charge in [0.05, 0.1) is 11.3 Å². The number of aryl methyl sites for hydroxylation is 1. The second kappa shape index (κ2) is 5.65. The summed E-state index contributed by atoms with van der Waals surface area (Å²) in [5.74, 6) is 1.32. The Balaban J connectivity index is 1.80. The van der Waals surface area contributed by atoms with Crippen LogP contribution in [0, 0.1) is 18.8 Å². The summed E-state index contributed by atoms with van der Waals surface area (Å²) in [4.78, 5) is 12.3. The van der Waals surface area contributed by atoms with E-state index in [1.54, 1.807) is 6.92 Å². The molecule has 21 heavy (non-hydrogen) atoms. The van der Waals surface area contributed by atoms with E-state index in [9.17, 15) is 4.79 Å². The van der Waals surface area contributed by atoms with E-state index in [2.05, 4.69) is 20.8 Å². The largest absolute Gasteiger partial charge is 0.421 e. The van der Waals surface area contributed by atoms with Crippen LogP contribution in [0.4, 0.5) is 5.69 Å². The molecular formula is C15H18N4O2. The second-order valence-corrected chi connectivity index (χ2v) is 5.37. The normalized spacial score (nSPS) is 16.3. The van der Waals surface area contributed by atoms with Gasteiger partial charge in [-0.15, -0.1) is 10.2 Å². The highest BCUT2D eigenvalue weighted by Gasteiger charge is 2.29. The Bertz CT molecular complexity index is 649. The van der Waals surface area contributed by atoms with Crippen molar-refractivity contribution in [3.63, 3.8) is 0 Å². The minimum absolute atomic E-state index is 0.0187. The molecule has 1 aliphatic heterocycles. The van der Waals surface area contributed by atoms with Gasteiger partial charge in [0.15, 0.2) is 0 Å². The molecule has 6 nitrogen and oxygen atoms in total. The molecule has 1 amide bonds. The third kappa shape index (κ3) is 2.80. The topological polar surface area (TPSA) is 80.0 Å². The van der Waals surface area contributed by atoms with Gasteiger partial charge in [-0.05, 0) is 31.1 Å². The smallest absolute Gasteiger partial charge is 0.249 e. The maximum absolute atomic E-state index is 12.3. The average molecular weight is 286 g/mol. The number of benzene rings is 1. The summed E-state index contributed by atoms with van der Waals surface area (Å²) in [6, 6.07) is 7.46. The predicted octanol–water partition coefficient (Wildman–Crippen LogP) is 1.84. The van der Waals surface area contributed by atoms with Gasteiger partial charge in [-0.25, -0.2) is 0 Å². The molecule has 6 heteroatoms. The highest BCUT2D eigenvalue weighted by Crippen LogP contribution is 2.27. The van der Waals surface area contributed by atoms with E-state index >= 15 is 0 Å². The number of carbonyl (C=O) groups excluding carboxylic acids is 1. The fourth-order valence-corrected chi connectivity index (χ4v) is 2.31. The first-order valence-corrected chi connectivity index (χ1v) is 7.06. The fourth-order valence-electron chi connectivity index (χ4n) is 2.31. The summed E-state index contributed by atoms with van der Waals surface area (Å²) in [5.41, 5.74) is 1.44. The molecule has 110 valence electrons. The Hall–Kier alpha value is -2.21. The highest BCUT2D eigenvalue weighted by molar-refractivity contribution is 5.96. The van der Waals surface area contributed by atoms with E-state index in [1.807, 2.05) is 31.2 Å². The first kappa shape index (κ1) is 13.8.